The molecule has 0 saturated carbocycles. The molecule has 0 saturated heterocycles. The number of aromatic amines is 1. The van der Waals surface area contributed by atoms with E-state index in [4.69, 9.17) is 0 Å². The molecule has 1 aromatic heterocycles. The van der Waals surface area contributed by atoms with Crippen molar-refractivity contribution in [2.45, 2.75) is 51.3 Å². The molecule has 0 spiro atoms. The SMILES string of the molecule is CCCCCC(C)(C)CNS(=O)(=O)c1c[nH]ccc1=O. The van der Waals surface area contributed by atoms with Gasteiger partial charge >= 0.3 is 0 Å². The van der Waals surface area contributed by atoms with E-state index in [0.29, 0.717) is 6.54 Å². The van der Waals surface area contributed by atoms with Gasteiger partial charge in [-0.05, 0) is 11.8 Å². The number of H-pyrrole nitrogens is 1. The number of pyridine rings is 1. The molecule has 0 aliphatic rings. The molecular weight excluding hydrogens is 276 g/mol. The van der Waals surface area contributed by atoms with Crippen LogP contribution in [0.1, 0.15) is 46.5 Å². The van der Waals surface area contributed by atoms with Crippen molar-refractivity contribution in [2.24, 2.45) is 5.41 Å². The number of rotatable bonds is 8. The lowest BCUT2D eigenvalue weighted by Crippen LogP contribution is -2.36. The van der Waals surface area contributed by atoms with Crippen molar-refractivity contribution in [1.82, 2.24) is 9.71 Å². The van der Waals surface area contributed by atoms with E-state index < -0.39 is 15.5 Å². The molecule has 0 aromatic carbocycles. The van der Waals surface area contributed by atoms with Crippen LogP contribution in [0.15, 0.2) is 28.2 Å². The summed E-state index contributed by atoms with van der Waals surface area (Å²) in [5, 5.41) is 0. The zero-order chi connectivity index (χ0) is 15.2. The maximum Gasteiger partial charge on any atom is 0.245 e. The lowest BCUT2D eigenvalue weighted by molar-refractivity contribution is 0.320. The molecule has 114 valence electrons. The van der Waals surface area contributed by atoms with Gasteiger partial charge < -0.3 is 4.98 Å². The third-order valence-electron chi connectivity index (χ3n) is 3.28. The molecule has 0 radical (unpaired) electrons. The van der Waals surface area contributed by atoms with Crippen LogP contribution in [-0.4, -0.2) is 19.9 Å². The Hall–Kier alpha value is -1.14. The first-order valence-corrected chi connectivity index (χ1v) is 8.43. The minimum Gasteiger partial charge on any atom is -0.366 e. The van der Waals surface area contributed by atoms with Gasteiger partial charge in [-0.15, -0.1) is 0 Å². The second kappa shape index (κ2) is 7.04. The molecule has 2 N–H and O–H groups in total. The van der Waals surface area contributed by atoms with E-state index in [9.17, 15) is 13.2 Å². The highest BCUT2D eigenvalue weighted by molar-refractivity contribution is 7.89. The second-order valence-corrected chi connectivity index (χ2v) is 7.55. The highest BCUT2D eigenvalue weighted by atomic mass is 32.2. The van der Waals surface area contributed by atoms with E-state index in [1.165, 1.54) is 18.5 Å². The first-order chi connectivity index (χ1) is 9.28. The van der Waals surface area contributed by atoms with Gasteiger partial charge in [0.1, 0.15) is 4.90 Å². The maximum absolute atomic E-state index is 12.1. The van der Waals surface area contributed by atoms with E-state index >= 15 is 0 Å². The Bertz CT molecular complexity index is 576. The molecular formula is C14H24N2O3S. The van der Waals surface area contributed by atoms with E-state index in [2.05, 4.69) is 16.6 Å². The molecule has 0 atom stereocenters. The van der Waals surface area contributed by atoms with Gasteiger partial charge in [0.05, 0.1) is 0 Å². The smallest absolute Gasteiger partial charge is 0.245 e. The van der Waals surface area contributed by atoms with Gasteiger partial charge in [0.2, 0.25) is 15.5 Å². The van der Waals surface area contributed by atoms with Gasteiger partial charge in [0, 0.05) is 25.0 Å². The molecule has 1 heterocycles. The average Bonchev–Trinajstić information content (AvgIpc) is 2.37. The van der Waals surface area contributed by atoms with E-state index in [1.54, 1.807) is 0 Å². The topological polar surface area (TPSA) is 79.0 Å². The van der Waals surface area contributed by atoms with Gasteiger partial charge in [-0.1, -0.05) is 40.0 Å². The van der Waals surface area contributed by atoms with Crippen LogP contribution >= 0.6 is 0 Å². The zero-order valence-electron chi connectivity index (χ0n) is 12.4. The van der Waals surface area contributed by atoms with E-state index in [0.717, 1.165) is 25.7 Å². The quantitative estimate of drug-likeness (QED) is 0.723. The van der Waals surface area contributed by atoms with Crippen LogP contribution in [-0.2, 0) is 10.0 Å². The van der Waals surface area contributed by atoms with Gasteiger partial charge in [-0.2, -0.15) is 0 Å². The molecule has 20 heavy (non-hydrogen) atoms. The predicted octanol–water partition coefficient (Wildman–Crippen LogP) is 2.26. The fraction of sp³-hybridized carbons (Fsp3) is 0.643. The Morgan fingerprint density at radius 1 is 1.30 bits per heavy atom. The van der Waals surface area contributed by atoms with Crippen molar-refractivity contribution >= 4 is 10.0 Å². The maximum atomic E-state index is 12.1. The number of unbranched alkanes of at least 4 members (excludes halogenated alkanes) is 2. The van der Waals surface area contributed by atoms with Crippen LogP contribution in [0.4, 0.5) is 0 Å². The Kier molecular flexibility index (Phi) is 5.95. The minimum atomic E-state index is -3.75. The summed E-state index contributed by atoms with van der Waals surface area (Å²) >= 11 is 0. The van der Waals surface area contributed by atoms with Crippen LogP contribution in [0.3, 0.4) is 0 Å². The molecule has 0 amide bonds. The first kappa shape index (κ1) is 16.9. The molecule has 0 aliphatic carbocycles. The normalized spacial score (nSPS) is 12.6. The summed E-state index contributed by atoms with van der Waals surface area (Å²) in [5.74, 6) is 0. The number of nitrogens with one attached hydrogen (secondary N) is 2. The number of sulfonamides is 1. The molecule has 1 aromatic rings. The molecule has 0 aliphatic heterocycles. The largest absolute Gasteiger partial charge is 0.366 e. The van der Waals surface area contributed by atoms with Crippen LogP contribution in [0.25, 0.3) is 0 Å². The summed E-state index contributed by atoms with van der Waals surface area (Å²) in [6, 6.07) is 1.21. The van der Waals surface area contributed by atoms with Crippen LogP contribution in [0, 0.1) is 5.41 Å². The van der Waals surface area contributed by atoms with Crippen molar-refractivity contribution in [2.75, 3.05) is 6.54 Å². The molecule has 0 unspecified atom stereocenters. The lowest BCUT2D eigenvalue weighted by Gasteiger charge is -2.24. The van der Waals surface area contributed by atoms with Crippen LogP contribution < -0.4 is 10.2 Å². The molecule has 6 heteroatoms. The van der Waals surface area contributed by atoms with Crippen molar-refractivity contribution in [3.63, 3.8) is 0 Å². The Morgan fingerprint density at radius 2 is 2.00 bits per heavy atom. The summed E-state index contributed by atoms with van der Waals surface area (Å²) in [7, 11) is -3.75. The van der Waals surface area contributed by atoms with E-state index in [-0.39, 0.29) is 10.3 Å². The van der Waals surface area contributed by atoms with Crippen molar-refractivity contribution in [3.8, 4) is 0 Å². The average molecular weight is 300 g/mol. The van der Waals surface area contributed by atoms with Gasteiger partial charge in [0.15, 0.2) is 0 Å². The summed E-state index contributed by atoms with van der Waals surface area (Å²) in [5.41, 5.74) is -0.621. The summed E-state index contributed by atoms with van der Waals surface area (Å²) in [6.45, 7) is 6.52. The fourth-order valence-corrected chi connectivity index (χ4v) is 3.21. The molecule has 0 bridgehead atoms. The Morgan fingerprint density at radius 3 is 2.60 bits per heavy atom. The first-order valence-electron chi connectivity index (χ1n) is 6.95. The second-order valence-electron chi connectivity index (χ2n) is 5.82. The number of aromatic nitrogens is 1. The Balaban J connectivity index is 2.69. The predicted molar refractivity (Wildman–Crippen MR) is 80.2 cm³/mol. The summed E-state index contributed by atoms with van der Waals surface area (Å²) < 4.78 is 26.7. The van der Waals surface area contributed by atoms with Crippen LogP contribution in [0.5, 0.6) is 0 Å². The monoisotopic (exact) mass is 300 g/mol. The standard InChI is InChI=1S/C14H24N2O3S/c1-4-5-6-8-14(2,3)11-16-20(18,19)13-10-15-9-7-12(13)17/h7,9-10,16H,4-6,8,11H2,1-3H3,(H,15,17). The molecule has 5 nitrogen and oxygen atoms in total. The van der Waals surface area contributed by atoms with Crippen molar-refractivity contribution in [1.29, 1.82) is 0 Å². The third-order valence-corrected chi connectivity index (χ3v) is 4.70. The fourth-order valence-electron chi connectivity index (χ4n) is 1.92. The van der Waals surface area contributed by atoms with Crippen molar-refractivity contribution in [3.05, 3.63) is 28.7 Å². The minimum absolute atomic E-state index is 0.121. The van der Waals surface area contributed by atoms with Gasteiger partial charge in [-0.3, -0.25) is 4.79 Å². The number of hydrogen-bond donors (Lipinski definition) is 2. The highest BCUT2D eigenvalue weighted by Gasteiger charge is 2.23. The molecule has 0 fully saturated rings. The summed E-state index contributed by atoms with van der Waals surface area (Å²) in [6.07, 6.45) is 6.95. The summed E-state index contributed by atoms with van der Waals surface area (Å²) in [4.78, 5) is 14.0. The third kappa shape index (κ3) is 5.09. The van der Waals surface area contributed by atoms with Gasteiger partial charge in [0.25, 0.3) is 0 Å². The zero-order valence-corrected chi connectivity index (χ0v) is 13.2. The Labute approximate surface area is 120 Å². The lowest BCUT2D eigenvalue weighted by atomic mass is 9.87. The van der Waals surface area contributed by atoms with Gasteiger partial charge in [-0.25, -0.2) is 13.1 Å². The van der Waals surface area contributed by atoms with E-state index in [1.807, 2.05) is 13.8 Å². The highest BCUT2D eigenvalue weighted by Crippen LogP contribution is 2.23. The van der Waals surface area contributed by atoms with Crippen molar-refractivity contribution < 1.29 is 8.42 Å². The number of hydrogen-bond acceptors (Lipinski definition) is 3. The van der Waals surface area contributed by atoms with Crippen LogP contribution in [0.2, 0.25) is 0 Å². The molecule has 1 rings (SSSR count).